The molecule has 0 radical (unpaired) electrons. The molecular weight excluding hydrogens is 417 g/mol. The van der Waals surface area contributed by atoms with E-state index in [1.165, 1.54) is 23.0 Å². The van der Waals surface area contributed by atoms with Crippen molar-refractivity contribution in [3.8, 4) is 22.8 Å². The van der Waals surface area contributed by atoms with Crippen LogP contribution in [0.25, 0.3) is 17.1 Å². The Hall–Kier alpha value is -3.48. The molecule has 0 unspecified atom stereocenters. The summed E-state index contributed by atoms with van der Waals surface area (Å²) >= 11 is 0. The first-order valence-electron chi connectivity index (χ1n) is 7.71. The molecule has 0 aliphatic heterocycles. The molecule has 0 aliphatic carbocycles. The van der Waals surface area contributed by atoms with Crippen LogP contribution in [0.4, 0.5) is 13.2 Å². The monoisotopic (exact) mass is 428 g/mol. The van der Waals surface area contributed by atoms with Crippen molar-refractivity contribution in [1.29, 1.82) is 0 Å². The molecule has 0 aromatic carbocycles. The van der Waals surface area contributed by atoms with Crippen molar-refractivity contribution in [2.45, 2.75) is 12.4 Å². The van der Waals surface area contributed by atoms with Gasteiger partial charge in [-0.1, -0.05) is 0 Å². The van der Waals surface area contributed by atoms with E-state index >= 15 is 0 Å². The summed E-state index contributed by atoms with van der Waals surface area (Å²) in [4.78, 5) is 19.2. The van der Waals surface area contributed by atoms with E-state index in [4.69, 9.17) is 0 Å². The van der Waals surface area contributed by atoms with Gasteiger partial charge in [-0.05, 0) is 31.2 Å². The van der Waals surface area contributed by atoms with Crippen molar-refractivity contribution in [3.05, 3.63) is 54.1 Å². The fourth-order valence-corrected chi connectivity index (χ4v) is 2.65. The zero-order valence-electron chi connectivity index (χ0n) is 14.5. The number of carboxylic acid groups (broad SMARTS) is 1. The molecule has 0 saturated heterocycles. The van der Waals surface area contributed by atoms with Gasteiger partial charge in [-0.25, -0.2) is 9.48 Å². The second-order valence-electron chi connectivity index (χ2n) is 5.65. The van der Waals surface area contributed by atoms with Crippen LogP contribution in [0.5, 0.6) is 5.75 Å². The number of aryl methyl sites for hydroxylation is 1. The Labute approximate surface area is 161 Å². The van der Waals surface area contributed by atoms with Crippen LogP contribution in [-0.2, 0) is 10.1 Å². The number of rotatable bonds is 5. The zero-order chi connectivity index (χ0) is 21.4. The molecule has 9 nitrogen and oxygen atoms in total. The van der Waals surface area contributed by atoms with Gasteiger partial charge < -0.3 is 9.29 Å². The van der Waals surface area contributed by atoms with Crippen LogP contribution >= 0.6 is 0 Å². The van der Waals surface area contributed by atoms with E-state index in [0.29, 0.717) is 11.4 Å². The van der Waals surface area contributed by atoms with Gasteiger partial charge in [-0.2, -0.15) is 26.7 Å². The van der Waals surface area contributed by atoms with Gasteiger partial charge in [-0.3, -0.25) is 9.97 Å². The molecule has 152 valence electrons. The Morgan fingerprint density at radius 1 is 1.14 bits per heavy atom. The third-order valence-electron chi connectivity index (χ3n) is 3.56. The van der Waals surface area contributed by atoms with Crippen molar-refractivity contribution in [3.63, 3.8) is 0 Å². The molecule has 0 fully saturated rings. The smallest absolute Gasteiger partial charge is 0.476 e. The number of nitrogens with zero attached hydrogens (tertiary/aromatic N) is 4. The second-order valence-corrected chi connectivity index (χ2v) is 7.19. The summed E-state index contributed by atoms with van der Waals surface area (Å²) in [7, 11) is -5.83. The van der Waals surface area contributed by atoms with Crippen molar-refractivity contribution in [1.82, 2.24) is 19.7 Å². The normalized spacial score (nSPS) is 12.0. The summed E-state index contributed by atoms with van der Waals surface area (Å²) in [6.45, 7) is 1.76. The first-order chi connectivity index (χ1) is 13.5. The quantitative estimate of drug-likeness (QED) is 0.486. The van der Waals surface area contributed by atoms with Crippen LogP contribution in [0.1, 0.15) is 16.2 Å². The lowest BCUT2D eigenvalue weighted by molar-refractivity contribution is -0.0500. The molecule has 0 bridgehead atoms. The van der Waals surface area contributed by atoms with Gasteiger partial charge in [0.25, 0.3) is 0 Å². The summed E-state index contributed by atoms with van der Waals surface area (Å²) in [5, 5.41) is 13.2. The predicted molar refractivity (Wildman–Crippen MR) is 91.9 cm³/mol. The number of halogens is 3. The highest BCUT2D eigenvalue weighted by Gasteiger charge is 2.48. The summed E-state index contributed by atoms with van der Waals surface area (Å²) in [5.74, 6) is -1.96. The van der Waals surface area contributed by atoms with Crippen molar-refractivity contribution < 1.29 is 35.7 Å². The number of carboxylic acids is 1. The molecule has 29 heavy (non-hydrogen) atoms. The standard InChI is InChI=1S/C16H11F3N4O5S/c1-9-2-3-10(7-20-9)23-14(6-13(22-23)15(24)25)12-5-4-11(8-21-12)28-29(26,27)16(17,18)19/h2-8H,1H3,(H,24,25). The number of carbonyl (C=O) groups is 1. The summed E-state index contributed by atoms with van der Waals surface area (Å²) < 4.78 is 64.6. The minimum Gasteiger partial charge on any atom is -0.476 e. The Kier molecular flexibility index (Phi) is 5.00. The molecule has 3 aromatic rings. The minimum atomic E-state index is -5.83. The summed E-state index contributed by atoms with van der Waals surface area (Å²) in [6.07, 6.45) is 2.22. The lowest BCUT2D eigenvalue weighted by Crippen LogP contribution is -2.28. The third kappa shape index (κ3) is 4.18. The number of hydrogen-bond acceptors (Lipinski definition) is 7. The van der Waals surface area contributed by atoms with E-state index in [2.05, 4.69) is 19.2 Å². The highest BCUT2D eigenvalue weighted by molar-refractivity contribution is 7.88. The number of hydrogen-bond donors (Lipinski definition) is 1. The molecule has 0 amide bonds. The molecule has 13 heteroatoms. The molecule has 1 N–H and O–H groups in total. The molecule has 0 spiro atoms. The molecule has 3 heterocycles. The van der Waals surface area contributed by atoms with Crippen molar-refractivity contribution in [2.75, 3.05) is 0 Å². The Balaban J connectivity index is 2.00. The van der Waals surface area contributed by atoms with E-state index in [0.717, 1.165) is 12.3 Å². The maximum Gasteiger partial charge on any atom is 0.534 e. The first kappa shape index (κ1) is 20.3. The fourth-order valence-electron chi connectivity index (χ4n) is 2.21. The van der Waals surface area contributed by atoms with Gasteiger partial charge in [0.2, 0.25) is 0 Å². The average Bonchev–Trinajstić information content (AvgIpc) is 3.07. The van der Waals surface area contributed by atoms with E-state index in [9.17, 15) is 31.5 Å². The zero-order valence-corrected chi connectivity index (χ0v) is 15.3. The van der Waals surface area contributed by atoms with E-state index in [-0.39, 0.29) is 17.1 Å². The first-order valence-corrected chi connectivity index (χ1v) is 9.12. The molecular formula is C16H11F3N4O5S. The summed E-state index contributed by atoms with van der Waals surface area (Å²) in [5.41, 5.74) is -4.45. The summed E-state index contributed by atoms with van der Waals surface area (Å²) in [6, 6.07) is 6.64. The average molecular weight is 428 g/mol. The Bertz CT molecular complexity index is 1160. The molecule has 3 aromatic heterocycles. The molecule has 0 aliphatic rings. The molecule has 0 saturated carbocycles. The lowest BCUT2D eigenvalue weighted by atomic mass is 10.2. The maximum absolute atomic E-state index is 12.4. The topological polar surface area (TPSA) is 124 Å². The van der Waals surface area contributed by atoms with Crippen molar-refractivity contribution in [2.24, 2.45) is 0 Å². The number of pyridine rings is 2. The Morgan fingerprint density at radius 3 is 2.38 bits per heavy atom. The van der Waals surface area contributed by atoms with Gasteiger partial charge in [0.05, 0.1) is 29.5 Å². The van der Waals surface area contributed by atoms with Crippen molar-refractivity contribution >= 4 is 16.1 Å². The highest BCUT2D eigenvalue weighted by atomic mass is 32.2. The van der Waals surface area contributed by atoms with Crippen LogP contribution in [0.15, 0.2) is 42.7 Å². The molecule has 0 atom stereocenters. The second kappa shape index (κ2) is 7.16. The van der Waals surface area contributed by atoms with Crippen LogP contribution in [0.3, 0.4) is 0 Å². The SMILES string of the molecule is Cc1ccc(-n2nc(C(=O)O)cc2-c2ccc(OS(=O)(=O)C(F)(F)F)cn2)cn1. The van der Waals surface area contributed by atoms with Gasteiger partial charge in [0.1, 0.15) is 0 Å². The number of aromatic carboxylic acids is 1. The highest BCUT2D eigenvalue weighted by Crippen LogP contribution is 2.28. The van der Waals surface area contributed by atoms with E-state index in [1.54, 1.807) is 19.1 Å². The van der Waals surface area contributed by atoms with Gasteiger partial charge >= 0.3 is 21.6 Å². The van der Waals surface area contributed by atoms with Crippen LogP contribution in [-0.4, -0.2) is 44.8 Å². The molecule has 3 rings (SSSR count). The van der Waals surface area contributed by atoms with Gasteiger partial charge in [0.15, 0.2) is 11.4 Å². The van der Waals surface area contributed by atoms with E-state index < -0.39 is 27.3 Å². The predicted octanol–water partition coefficient (Wildman–Crippen LogP) is 2.56. The lowest BCUT2D eigenvalue weighted by Gasteiger charge is -2.10. The van der Waals surface area contributed by atoms with Crippen LogP contribution in [0, 0.1) is 6.92 Å². The number of alkyl halides is 3. The van der Waals surface area contributed by atoms with Gasteiger partial charge in [0, 0.05) is 11.8 Å². The largest absolute Gasteiger partial charge is 0.534 e. The minimum absolute atomic E-state index is 0.113. The Morgan fingerprint density at radius 2 is 1.86 bits per heavy atom. The van der Waals surface area contributed by atoms with Crippen LogP contribution in [0.2, 0.25) is 0 Å². The van der Waals surface area contributed by atoms with E-state index in [1.807, 2.05) is 0 Å². The van der Waals surface area contributed by atoms with Crippen LogP contribution < -0.4 is 4.18 Å². The third-order valence-corrected chi connectivity index (χ3v) is 4.54. The van der Waals surface area contributed by atoms with Gasteiger partial charge in [-0.15, -0.1) is 0 Å². The number of aromatic nitrogens is 4. The fraction of sp³-hybridized carbons (Fsp3) is 0.125. The maximum atomic E-state index is 12.4.